The Labute approximate surface area is 116 Å². The summed E-state index contributed by atoms with van der Waals surface area (Å²) in [5.74, 6) is 0.265. The van der Waals surface area contributed by atoms with E-state index in [0.29, 0.717) is 12.3 Å². The first-order chi connectivity index (χ1) is 8.99. The lowest BCUT2D eigenvalue weighted by Gasteiger charge is -2.24. The Morgan fingerprint density at radius 2 is 1.79 bits per heavy atom. The Morgan fingerprint density at radius 3 is 2.21 bits per heavy atom. The van der Waals surface area contributed by atoms with Gasteiger partial charge in [-0.2, -0.15) is 0 Å². The van der Waals surface area contributed by atoms with Crippen molar-refractivity contribution in [1.29, 1.82) is 0 Å². The highest BCUT2D eigenvalue weighted by Crippen LogP contribution is 2.22. The molecule has 0 saturated heterocycles. The zero-order chi connectivity index (χ0) is 14.4. The van der Waals surface area contributed by atoms with Crippen molar-refractivity contribution in [2.45, 2.75) is 52.6 Å². The molecular formula is C16H26N2O. The van der Waals surface area contributed by atoms with Gasteiger partial charge in [-0.3, -0.25) is 4.79 Å². The molecule has 1 aromatic carbocycles. The van der Waals surface area contributed by atoms with E-state index in [2.05, 4.69) is 50.4 Å². The van der Waals surface area contributed by atoms with Crippen LogP contribution in [-0.2, 0) is 11.2 Å². The van der Waals surface area contributed by atoms with E-state index in [9.17, 15) is 4.79 Å². The summed E-state index contributed by atoms with van der Waals surface area (Å²) in [5, 5.41) is 3.06. The van der Waals surface area contributed by atoms with Gasteiger partial charge in [0.1, 0.15) is 0 Å². The Balaban J connectivity index is 2.84. The Bertz CT molecular complexity index is 398. The topological polar surface area (TPSA) is 55.1 Å². The molecule has 3 nitrogen and oxygen atoms in total. The maximum Gasteiger partial charge on any atom is 0.237 e. The third kappa shape index (κ3) is 4.35. The maximum atomic E-state index is 11.9. The van der Waals surface area contributed by atoms with Crippen LogP contribution in [0.1, 0.15) is 51.3 Å². The van der Waals surface area contributed by atoms with E-state index in [-0.39, 0.29) is 11.9 Å². The van der Waals surface area contributed by atoms with Crippen LogP contribution in [0, 0.1) is 5.92 Å². The molecule has 0 bridgehead atoms. The van der Waals surface area contributed by atoms with E-state index < -0.39 is 6.04 Å². The van der Waals surface area contributed by atoms with Gasteiger partial charge in [0.15, 0.2) is 0 Å². The second-order valence-electron chi connectivity index (χ2n) is 5.34. The first-order valence-corrected chi connectivity index (χ1v) is 7.14. The van der Waals surface area contributed by atoms with Crippen molar-refractivity contribution in [3.8, 4) is 0 Å². The summed E-state index contributed by atoms with van der Waals surface area (Å²) in [5.41, 5.74) is 8.23. The molecule has 3 N–H and O–H groups in total. The molecule has 0 aliphatic rings. The van der Waals surface area contributed by atoms with Gasteiger partial charge in [0, 0.05) is 0 Å². The van der Waals surface area contributed by atoms with Gasteiger partial charge >= 0.3 is 0 Å². The van der Waals surface area contributed by atoms with Crippen LogP contribution < -0.4 is 11.1 Å². The lowest BCUT2D eigenvalue weighted by Crippen LogP contribution is -2.43. The smallest absolute Gasteiger partial charge is 0.237 e. The predicted molar refractivity (Wildman–Crippen MR) is 79.8 cm³/mol. The van der Waals surface area contributed by atoms with E-state index >= 15 is 0 Å². The standard InChI is InChI=1S/C16H26N2O/c1-5-12-7-9-13(10-8-12)15(11(3)4)18-16(19)14(17)6-2/h7-11,14-15H,5-6,17H2,1-4H3,(H,18,19)/t14-,15?/m0/s1. The minimum Gasteiger partial charge on any atom is -0.348 e. The zero-order valence-corrected chi connectivity index (χ0v) is 12.4. The van der Waals surface area contributed by atoms with Crippen molar-refractivity contribution in [2.24, 2.45) is 11.7 Å². The van der Waals surface area contributed by atoms with E-state index in [1.807, 2.05) is 6.92 Å². The van der Waals surface area contributed by atoms with Gasteiger partial charge in [-0.25, -0.2) is 0 Å². The molecule has 1 unspecified atom stereocenters. The summed E-state index contributed by atoms with van der Waals surface area (Å²) in [7, 11) is 0. The molecule has 0 radical (unpaired) electrons. The Morgan fingerprint density at radius 1 is 1.21 bits per heavy atom. The number of carbonyl (C=O) groups excluding carboxylic acids is 1. The van der Waals surface area contributed by atoms with Crippen LogP contribution in [0.3, 0.4) is 0 Å². The molecular weight excluding hydrogens is 236 g/mol. The van der Waals surface area contributed by atoms with Crippen molar-refractivity contribution >= 4 is 5.91 Å². The molecule has 0 aromatic heterocycles. The van der Waals surface area contributed by atoms with Crippen molar-refractivity contribution in [3.05, 3.63) is 35.4 Å². The molecule has 3 heteroatoms. The van der Waals surface area contributed by atoms with Crippen molar-refractivity contribution < 1.29 is 4.79 Å². The quantitative estimate of drug-likeness (QED) is 0.828. The number of amides is 1. The van der Waals surface area contributed by atoms with Crippen LogP contribution in [0.2, 0.25) is 0 Å². The second-order valence-corrected chi connectivity index (χ2v) is 5.34. The molecule has 1 aromatic rings. The number of aryl methyl sites for hydroxylation is 1. The number of rotatable bonds is 6. The van der Waals surface area contributed by atoms with Gasteiger partial charge in [-0.05, 0) is 29.9 Å². The fourth-order valence-corrected chi connectivity index (χ4v) is 2.04. The van der Waals surface area contributed by atoms with Crippen LogP contribution in [0.15, 0.2) is 24.3 Å². The SMILES string of the molecule is CCc1ccc(C(NC(=O)[C@@H](N)CC)C(C)C)cc1. The molecule has 19 heavy (non-hydrogen) atoms. The second kappa shape index (κ2) is 7.29. The summed E-state index contributed by atoms with van der Waals surface area (Å²) in [6.45, 7) is 8.27. The van der Waals surface area contributed by atoms with Gasteiger partial charge in [0.05, 0.1) is 12.1 Å². The summed E-state index contributed by atoms with van der Waals surface area (Å²) in [6.07, 6.45) is 1.69. The van der Waals surface area contributed by atoms with Crippen molar-refractivity contribution in [1.82, 2.24) is 5.32 Å². The minimum absolute atomic E-state index is 0.0241. The lowest BCUT2D eigenvalue weighted by molar-refractivity contribution is -0.123. The molecule has 0 aliphatic heterocycles. The molecule has 106 valence electrons. The fourth-order valence-electron chi connectivity index (χ4n) is 2.04. The van der Waals surface area contributed by atoms with Gasteiger partial charge in [-0.1, -0.05) is 52.0 Å². The van der Waals surface area contributed by atoms with Crippen molar-refractivity contribution in [3.63, 3.8) is 0 Å². The molecule has 0 saturated carbocycles. The number of hydrogen-bond acceptors (Lipinski definition) is 2. The summed E-state index contributed by atoms with van der Waals surface area (Å²) in [4.78, 5) is 11.9. The Hall–Kier alpha value is -1.35. The third-order valence-corrected chi connectivity index (χ3v) is 3.49. The molecule has 1 rings (SSSR count). The molecule has 0 aliphatic carbocycles. The predicted octanol–water partition coefficient (Wildman–Crippen LogP) is 2.80. The highest BCUT2D eigenvalue weighted by atomic mass is 16.2. The number of benzene rings is 1. The molecule has 0 spiro atoms. The van der Waals surface area contributed by atoms with Crippen LogP contribution in [-0.4, -0.2) is 11.9 Å². The Kier molecular flexibility index (Phi) is 6.03. The summed E-state index contributed by atoms with van der Waals surface area (Å²) >= 11 is 0. The summed E-state index contributed by atoms with van der Waals surface area (Å²) < 4.78 is 0. The monoisotopic (exact) mass is 262 g/mol. The van der Waals surface area contributed by atoms with Crippen LogP contribution in [0.5, 0.6) is 0 Å². The number of nitrogens with two attached hydrogens (primary N) is 1. The largest absolute Gasteiger partial charge is 0.348 e. The number of hydrogen-bond donors (Lipinski definition) is 2. The molecule has 0 fully saturated rings. The first-order valence-electron chi connectivity index (χ1n) is 7.14. The van der Waals surface area contributed by atoms with E-state index in [1.165, 1.54) is 5.56 Å². The van der Waals surface area contributed by atoms with Crippen LogP contribution >= 0.6 is 0 Å². The third-order valence-electron chi connectivity index (χ3n) is 3.49. The average molecular weight is 262 g/mol. The molecule has 1 amide bonds. The molecule has 2 atom stereocenters. The fraction of sp³-hybridized carbons (Fsp3) is 0.562. The summed E-state index contributed by atoms with van der Waals surface area (Å²) in [6, 6.07) is 8.04. The van der Waals surface area contributed by atoms with E-state index in [0.717, 1.165) is 12.0 Å². The van der Waals surface area contributed by atoms with E-state index in [4.69, 9.17) is 5.73 Å². The normalized spacial score (nSPS) is 14.2. The van der Waals surface area contributed by atoms with Gasteiger partial charge in [0.2, 0.25) is 5.91 Å². The van der Waals surface area contributed by atoms with Gasteiger partial charge < -0.3 is 11.1 Å². The number of carbonyl (C=O) groups is 1. The van der Waals surface area contributed by atoms with Crippen LogP contribution in [0.4, 0.5) is 0 Å². The zero-order valence-electron chi connectivity index (χ0n) is 12.4. The first kappa shape index (κ1) is 15.7. The minimum atomic E-state index is -0.420. The van der Waals surface area contributed by atoms with Crippen LogP contribution in [0.25, 0.3) is 0 Å². The van der Waals surface area contributed by atoms with E-state index in [1.54, 1.807) is 0 Å². The highest BCUT2D eigenvalue weighted by Gasteiger charge is 2.20. The van der Waals surface area contributed by atoms with Gasteiger partial charge in [-0.15, -0.1) is 0 Å². The number of nitrogens with one attached hydrogen (secondary N) is 1. The lowest BCUT2D eigenvalue weighted by atomic mass is 9.94. The van der Waals surface area contributed by atoms with Crippen molar-refractivity contribution in [2.75, 3.05) is 0 Å². The molecule has 0 heterocycles. The highest BCUT2D eigenvalue weighted by molar-refractivity contribution is 5.81. The maximum absolute atomic E-state index is 11.9. The average Bonchev–Trinajstić information content (AvgIpc) is 2.43. The van der Waals surface area contributed by atoms with Gasteiger partial charge in [0.25, 0.3) is 0 Å².